The summed E-state index contributed by atoms with van der Waals surface area (Å²) in [6.07, 6.45) is 0.914. The maximum absolute atomic E-state index is 10.4. The van der Waals surface area contributed by atoms with Gasteiger partial charge in [-0.1, -0.05) is 29.8 Å². The number of nitrogens with one attached hydrogen (secondary N) is 1. The molecule has 0 saturated carbocycles. The average Bonchev–Trinajstić information content (AvgIpc) is 2.77. The molecule has 18 heavy (non-hydrogen) atoms. The van der Waals surface area contributed by atoms with Crippen LogP contribution in [0, 0.1) is 0 Å². The van der Waals surface area contributed by atoms with Gasteiger partial charge >= 0.3 is 5.97 Å². The monoisotopic (exact) mass is 265 g/mol. The summed E-state index contributed by atoms with van der Waals surface area (Å²) in [5.41, 5.74) is 0.958. The minimum Gasteiger partial charge on any atom is -0.481 e. The normalized spacial score (nSPS) is 10.5. The Labute approximate surface area is 109 Å². The molecule has 0 aliphatic carbocycles. The second kappa shape index (κ2) is 5.64. The molecule has 0 radical (unpaired) electrons. The van der Waals surface area contributed by atoms with E-state index in [9.17, 15) is 4.79 Å². The molecule has 6 heteroatoms. The zero-order valence-corrected chi connectivity index (χ0v) is 10.3. The summed E-state index contributed by atoms with van der Waals surface area (Å²) in [6.45, 7) is 0. The number of carbonyl (C=O) groups is 1. The lowest BCUT2D eigenvalue weighted by Crippen LogP contribution is -1.99. The molecule has 1 heterocycles. The number of aromatic amines is 1. The van der Waals surface area contributed by atoms with Crippen LogP contribution in [0.2, 0.25) is 5.02 Å². The third kappa shape index (κ3) is 3.30. The van der Waals surface area contributed by atoms with Gasteiger partial charge in [-0.15, -0.1) is 0 Å². The van der Waals surface area contributed by atoms with Crippen molar-refractivity contribution in [1.29, 1.82) is 0 Å². The highest BCUT2D eigenvalue weighted by Gasteiger charge is 2.07. The van der Waals surface area contributed by atoms with Crippen LogP contribution >= 0.6 is 11.6 Å². The van der Waals surface area contributed by atoms with Gasteiger partial charge in [0.15, 0.2) is 5.82 Å². The Balaban J connectivity index is 2.02. The second-order valence-electron chi connectivity index (χ2n) is 3.86. The van der Waals surface area contributed by atoms with Crippen molar-refractivity contribution < 1.29 is 9.90 Å². The number of H-pyrrole nitrogens is 1. The van der Waals surface area contributed by atoms with Crippen LogP contribution < -0.4 is 0 Å². The van der Waals surface area contributed by atoms with Gasteiger partial charge in [-0.25, -0.2) is 4.98 Å². The van der Waals surface area contributed by atoms with E-state index in [1.807, 2.05) is 24.3 Å². The molecule has 0 amide bonds. The zero-order valence-electron chi connectivity index (χ0n) is 9.56. The number of aromatic nitrogens is 3. The molecule has 0 atom stereocenters. The molecule has 0 unspecified atom stereocenters. The molecule has 0 spiro atoms. The SMILES string of the molecule is O=C(O)CCc1n[nH]c(Cc2ccccc2Cl)n1. The minimum atomic E-state index is -0.854. The molecular weight excluding hydrogens is 254 g/mol. The number of halogens is 1. The van der Waals surface area contributed by atoms with Gasteiger partial charge in [0.2, 0.25) is 0 Å². The topological polar surface area (TPSA) is 78.9 Å². The van der Waals surface area contributed by atoms with Crippen molar-refractivity contribution in [2.24, 2.45) is 0 Å². The van der Waals surface area contributed by atoms with Gasteiger partial charge in [0, 0.05) is 17.9 Å². The van der Waals surface area contributed by atoms with Gasteiger partial charge in [-0.3, -0.25) is 9.89 Å². The van der Waals surface area contributed by atoms with Crippen LogP contribution in [0.15, 0.2) is 24.3 Å². The van der Waals surface area contributed by atoms with E-state index in [2.05, 4.69) is 15.2 Å². The van der Waals surface area contributed by atoms with Gasteiger partial charge in [0.1, 0.15) is 5.82 Å². The van der Waals surface area contributed by atoms with E-state index in [-0.39, 0.29) is 6.42 Å². The Morgan fingerprint density at radius 2 is 2.17 bits per heavy atom. The van der Waals surface area contributed by atoms with Crippen LogP contribution in [0.5, 0.6) is 0 Å². The number of rotatable bonds is 5. The molecule has 1 aromatic heterocycles. The number of hydrogen-bond donors (Lipinski definition) is 2. The third-order valence-corrected chi connectivity index (χ3v) is 2.82. The number of carboxylic acid groups (broad SMARTS) is 1. The van der Waals surface area contributed by atoms with Crippen molar-refractivity contribution >= 4 is 17.6 Å². The van der Waals surface area contributed by atoms with E-state index < -0.39 is 5.97 Å². The van der Waals surface area contributed by atoms with Gasteiger partial charge in [0.05, 0.1) is 6.42 Å². The highest BCUT2D eigenvalue weighted by atomic mass is 35.5. The quantitative estimate of drug-likeness (QED) is 0.867. The number of hydrogen-bond acceptors (Lipinski definition) is 3. The first-order chi connectivity index (χ1) is 8.65. The average molecular weight is 266 g/mol. The summed E-state index contributed by atoms with van der Waals surface area (Å²) in [7, 11) is 0. The lowest BCUT2D eigenvalue weighted by Gasteiger charge is -1.99. The molecule has 0 bridgehead atoms. The first-order valence-electron chi connectivity index (χ1n) is 5.50. The number of carboxylic acids is 1. The molecule has 1 aromatic carbocycles. The fraction of sp³-hybridized carbons (Fsp3) is 0.250. The van der Waals surface area contributed by atoms with Crippen LogP contribution in [0.1, 0.15) is 23.6 Å². The molecule has 0 aliphatic rings. The number of nitrogens with zero attached hydrogens (tertiary/aromatic N) is 2. The van der Waals surface area contributed by atoms with Crippen molar-refractivity contribution in [3.8, 4) is 0 Å². The molecule has 5 nitrogen and oxygen atoms in total. The molecule has 0 aliphatic heterocycles. The van der Waals surface area contributed by atoms with Gasteiger partial charge < -0.3 is 5.11 Å². The summed E-state index contributed by atoms with van der Waals surface area (Å²) in [5, 5.41) is 16.0. The number of benzene rings is 1. The van der Waals surface area contributed by atoms with E-state index in [4.69, 9.17) is 16.7 Å². The molecule has 94 valence electrons. The first kappa shape index (κ1) is 12.6. The van der Waals surface area contributed by atoms with E-state index >= 15 is 0 Å². The van der Waals surface area contributed by atoms with Crippen molar-refractivity contribution in [2.45, 2.75) is 19.3 Å². The predicted molar refractivity (Wildman–Crippen MR) is 66.6 cm³/mol. The Kier molecular flexibility index (Phi) is 3.94. The van der Waals surface area contributed by atoms with E-state index in [1.54, 1.807) is 0 Å². The zero-order chi connectivity index (χ0) is 13.0. The van der Waals surface area contributed by atoms with Crippen LogP contribution in [-0.4, -0.2) is 26.3 Å². The van der Waals surface area contributed by atoms with Gasteiger partial charge in [0.25, 0.3) is 0 Å². The summed E-state index contributed by atoms with van der Waals surface area (Å²) in [4.78, 5) is 14.7. The lowest BCUT2D eigenvalue weighted by molar-refractivity contribution is -0.137. The van der Waals surface area contributed by atoms with Crippen LogP contribution in [0.4, 0.5) is 0 Å². The number of aliphatic carboxylic acids is 1. The minimum absolute atomic E-state index is 0.0311. The highest BCUT2D eigenvalue weighted by Crippen LogP contribution is 2.17. The fourth-order valence-electron chi connectivity index (χ4n) is 1.57. The second-order valence-corrected chi connectivity index (χ2v) is 4.27. The number of aryl methyl sites for hydroxylation is 1. The van der Waals surface area contributed by atoms with E-state index in [0.717, 1.165) is 5.56 Å². The predicted octanol–water partition coefficient (Wildman–Crippen LogP) is 2.07. The van der Waals surface area contributed by atoms with Crippen molar-refractivity contribution in [3.63, 3.8) is 0 Å². The van der Waals surface area contributed by atoms with Crippen molar-refractivity contribution in [1.82, 2.24) is 15.2 Å². The molecule has 2 N–H and O–H groups in total. The maximum Gasteiger partial charge on any atom is 0.303 e. The summed E-state index contributed by atoms with van der Waals surface area (Å²) in [5.74, 6) is 0.343. The van der Waals surface area contributed by atoms with E-state index in [0.29, 0.717) is 29.5 Å². The van der Waals surface area contributed by atoms with Crippen LogP contribution in [-0.2, 0) is 17.6 Å². The van der Waals surface area contributed by atoms with Crippen LogP contribution in [0.25, 0.3) is 0 Å². The summed E-state index contributed by atoms with van der Waals surface area (Å²) < 4.78 is 0. The lowest BCUT2D eigenvalue weighted by atomic mass is 10.1. The van der Waals surface area contributed by atoms with Gasteiger partial charge in [-0.2, -0.15) is 5.10 Å². The largest absolute Gasteiger partial charge is 0.481 e. The molecule has 2 rings (SSSR count). The standard InChI is InChI=1S/C12H12ClN3O2/c13-9-4-2-1-3-8(9)7-11-14-10(15-16-11)5-6-12(17)18/h1-4H,5-7H2,(H,17,18)(H,14,15,16). The van der Waals surface area contributed by atoms with E-state index in [1.165, 1.54) is 0 Å². The Bertz CT molecular complexity index is 554. The maximum atomic E-state index is 10.4. The third-order valence-electron chi connectivity index (χ3n) is 2.46. The summed E-state index contributed by atoms with van der Waals surface area (Å²) in [6, 6.07) is 7.51. The Morgan fingerprint density at radius 1 is 1.39 bits per heavy atom. The Morgan fingerprint density at radius 3 is 2.89 bits per heavy atom. The van der Waals surface area contributed by atoms with Crippen molar-refractivity contribution in [2.75, 3.05) is 0 Å². The first-order valence-corrected chi connectivity index (χ1v) is 5.88. The summed E-state index contributed by atoms with van der Waals surface area (Å²) >= 11 is 6.04. The van der Waals surface area contributed by atoms with Crippen LogP contribution in [0.3, 0.4) is 0 Å². The van der Waals surface area contributed by atoms with Gasteiger partial charge in [-0.05, 0) is 11.6 Å². The molecule has 0 fully saturated rings. The van der Waals surface area contributed by atoms with Crippen molar-refractivity contribution in [3.05, 3.63) is 46.5 Å². The molecular formula is C12H12ClN3O2. The molecule has 0 saturated heterocycles. The Hall–Kier alpha value is -1.88. The molecule has 2 aromatic rings. The smallest absolute Gasteiger partial charge is 0.303 e. The highest BCUT2D eigenvalue weighted by molar-refractivity contribution is 6.31. The fourth-order valence-corrected chi connectivity index (χ4v) is 1.77.